The van der Waals surface area contributed by atoms with Crippen molar-refractivity contribution in [2.75, 3.05) is 30.1 Å². The molecule has 1 aromatic heterocycles. The normalized spacial score (nSPS) is 23.6. The monoisotopic (exact) mass is 460 g/mol. The van der Waals surface area contributed by atoms with Crippen LogP contribution in [0.4, 0.5) is 0 Å². The summed E-state index contributed by atoms with van der Waals surface area (Å²) < 4.78 is 6.89. The van der Waals surface area contributed by atoms with Crippen LogP contribution < -0.4 is 5.32 Å². The Kier molecular flexibility index (Phi) is 6.76. The number of hydrogen-bond donors (Lipinski definition) is 2. The van der Waals surface area contributed by atoms with Gasteiger partial charge < -0.3 is 15.2 Å². The van der Waals surface area contributed by atoms with E-state index < -0.39 is 23.0 Å². The summed E-state index contributed by atoms with van der Waals surface area (Å²) in [4.78, 5) is 38.3. The van der Waals surface area contributed by atoms with Crippen molar-refractivity contribution in [3.05, 3.63) is 11.3 Å². The molecule has 0 bridgehead atoms. The second-order valence-electron chi connectivity index (χ2n) is 6.09. The molecule has 3 rings (SSSR count). The molecule has 1 fully saturated rings. The summed E-state index contributed by atoms with van der Waals surface area (Å²) in [6.07, 6.45) is 0. The summed E-state index contributed by atoms with van der Waals surface area (Å²) >= 11 is 4.06. The van der Waals surface area contributed by atoms with E-state index in [1.54, 1.807) is 7.05 Å². The van der Waals surface area contributed by atoms with Crippen LogP contribution in [0.15, 0.2) is 16.4 Å². The van der Waals surface area contributed by atoms with Gasteiger partial charge in [-0.2, -0.15) is 11.8 Å². The molecule has 14 heteroatoms. The zero-order chi connectivity index (χ0) is 21.2. The molecule has 0 unspecified atom stereocenters. The molecule has 0 spiro atoms. The van der Waals surface area contributed by atoms with Crippen molar-refractivity contribution >= 4 is 53.1 Å². The molecule has 1 aromatic rings. The van der Waals surface area contributed by atoms with Crippen molar-refractivity contribution < 1.29 is 24.2 Å². The van der Waals surface area contributed by atoms with E-state index in [-0.39, 0.29) is 17.4 Å². The highest BCUT2D eigenvalue weighted by Gasteiger charge is 2.66. The maximum Gasteiger partial charge on any atom is 0.352 e. The SMILES string of the molecule is CCSCC(=O)N[C@]1(OC)C(=O)N2C(C(=O)O)=C(CSc3nnnn3C)CS[C@H]21. The number of amides is 2. The van der Waals surface area contributed by atoms with Gasteiger partial charge in [-0.3, -0.25) is 14.5 Å². The van der Waals surface area contributed by atoms with E-state index >= 15 is 0 Å². The summed E-state index contributed by atoms with van der Waals surface area (Å²) in [7, 11) is 3.02. The molecule has 11 nitrogen and oxygen atoms in total. The van der Waals surface area contributed by atoms with Crippen LogP contribution in [0.3, 0.4) is 0 Å². The molecular weight excluding hydrogens is 440 g/mol. The second kappa shape index (κ2) is 8.93. The van der Waals surface area contributed by atoms with Crippen LogP contribution in [0.2, 0.25) is 0 Å². The van der Waals surface area contributed by atoms with Crippen molar-refractivity contribution in [3.63, 3.8) is 0 Å². The fourth-order valence-corrected chi connectivity index (χ4v) is 5.88. The average molecular weight is 461 g/mol. The highest BCUT2D eigenvalue weighted by Crippen LogP contribution is 2.47. The number of aromatic nitrogens is 4. The Bertz CT molecular complexity index is 861. The van der Waals surface area contributed by atoms with Crippen LogP contribution in [-0.4, -0.2) is 89.2 Å². The first kappa shape index (κ1) is 21.9. The molecule has 0 radical (unpaired) electrons. The summed E-state index contributed by atoms with van der Waals surface area (Å²) in [5.41, 5.74) is -1.05. The second-order valence-corrected chi connectivity index (χ2v) is 9.38. The molecule has 2 N–H and O–H groups in total. The molecule has 0 aromatic carbocycles. The Morgan fingerprint density at radius 2 is 2.24 bits per heavy atom. The van der Waals surface area contributed by atoms with Crippen molar-refractivity contribution in [1.29, 1.82) is 0 Å². The number of aliphatic carboxylic acids is 1. The lowest BCUT2D eigenvalue weighted by Gasteiger charge is -2.55. The molecule has 2 amide bonds. The Hall–Kier alpha value is -1.77. The number of carbonyl (C=O) groups excluding carboxylic acids is 2. The number of methoxy groups -OCH3 is 1. The van der Waals surface area contributed by atoms with Crippen LogP contribution in [0.5, 0.6) is 0 Å². The van der Waals surface area contributed by atoms with Crippen molar-refractivity contribution in [2.45, 2.75) is 23.2 Å². The molecule has 2 aliphatic rings. The van der Waals surface area contributed by atoms with Gasteiger partial charge in [0, 0.05) is 25.7 Å². The molecule has 2 aliphatic heterocycles. The quantitative estimate of drug-likeness (QED) is 0.287. The Balaban J connectivity index is 1.80. The fourth-order valence-electron chi connectivity index (χ4n) is 2.99. The third kappa shape index (κ3) is 3.98. The zero-order valence-electron chi connectivity index (χ0n) is 15.9. The number of carboxylic acid groups (broad SMARTS) is 1. The standard InChI is InChI=1S/C15H20N6O5S3/c1-4-27-7-9(22)16-15(26-3)12(25)21-10(11(23)24)8(5-28-13(15)21)6-29-14-17-18-19-20(14)2/h13H,4-7H2,1-3H3,(H,16,22)(H,23,24)/t13-,15-/m0/s1. The van der Waals surface area contributed by atoms with Gasteiger partial charge >= 0.3 is 5.97 Å². The third-order valence-corrected chi connectivity index (χ3v) is 7.70. The van der Waals surface area contributed by atoms with Crippen molar-refractivity contribution in [3.8, 4) is 0 Å². The van der Waals surface area contributed by atoms with Crippen LogP contribution in [0, 0.1) is 0 Å². The van der Waals surface area contributed by atoms with E-state index in [1.807, 2.05) is 6.92 Å². The Morgan fingerprint density at radius 1 is 1.48 bits per heavy atom. The van der Waals surface area contributed by atoms with Gasteiger partial charge in [0.2, 0.25) is 11.1 Å². The number of rotatable bonds is 9. The van der Waals surface area contributed by atoms with Gasteiger partial charge in [-0.1, -0.05) is 18.7 Å². The third-order valence-electron chi connectivity index (χ3n) is 4.35. The molecule has 29 heavy (non-hydrogen) atoms. The van der Waals surface area contributed by atoms with E-state index in [2.05, 4.69) is 20.8 Å². The van der Waals surface area contributed by atoms with E-state index in [0.717, 1.165) is 5.75 Å². The van der Waals surface area contributed by atoms with Gasteiger partial charge in [-0.05, 0) is 21.8 Å². The highest BCUT2D eigenvalue weighted by molar-refractivity contribution is 8.01. The predicted molar refractivity (Wildman–Crippen MR) is 108 cm³/mol. The number of nitrogens with zero attached hydrogens (tertiary/aromatic N) is 5. The Labute approximate surface area is 179 Å². The first-order valence-corrected chi connectivity index (χ1v) is 11.7. The molecule has 0 aliphatic carbocycles. The number of β-lactam (4-membered cyclic amide) rings is 1. The average Bonchev–Trinajstić information content (AvgIpc) is 3.12. The first-order valence-electron chi connectivity index (χ1n) is 8.55. The number of nitrogens with one attached hydrogen (secondary N) is 1. The number of carboxylic acids is 1. The lowest BCUT2D eigenvalue weighted by atomic mass is 9.98. The first-order chi connectivity index (χ1) is 13.9. The van der Waals surface area contributed by atoms with Gasteiger partial charge in [-0.15, -0.1) is 16.9 Å². The predicted octanol–water partition coefficient (Wildman–Crippen LogP) is -0.232. The van der Waals surface area contributed by atoms with Gasteiger partial charge in [0.1, 0.15) is 11.1 Å². The number of thioether (sulfide) groups is 3. The van der Waals surface area contributed by atoms with E-state index in [4.69, 9.17) is 4.74 Å². The van der Waals surface area contributed by atoms with Gasteiger partial charge in [0.05, 0.1) is 5.75 Å². The van der Waals surface area contributed by atoms with Gasteiger partial charge in [0.15, 0.2) is 0 Å². The maximum atomic E-state index is 12.9. The minimum absolute atomic E-state index is 0.0776. The number of ether oxygens (including phenoxy) is 1. The molecule has 0 saturated carbocycles. The van der Waals surface area contributed by atoms with Gasteiger partial charge in [0.25, 0.3) is 11.6 Å². The number of hydrogen-bond acceptors (Lipinski definition) is 10. The summed E-state index contributed by atoms with van der Waals surface area (Å²) in [5, 5.41) is 23.5. The van der Waals surface area contributed by atoms with Crippen LogP contribution in [0.1, 0.15) is 6.92 Å². The number of fused-ring (bicyclic) bond motifs is 1. The van der Waals surface area contributed by atoms with Crippen molar-refractivity contribution in [2.24, 2.45) is 7.05 Å². The molecular formula is C15H20N6O5S3. The van der Waals surface area contributed by atoms with Crippen LogP contribution in [-0.2, 0) is 26.2 Å². The van der Waals surface area contributed by atoms with E-state index in [1.165, 1.54) is 52.0 Å². The summed E-state index contributed by atoms with van der Waals surface area (Å²) in [5.74, 6) is -0.469. The maximum absolute atomic E-state index is 12.9. The summed E-state index contributed by atoms with van der Waals surface area (Å²) in [6, 6.07) is 0. The molecule has 3 heterocycles. The van der Waals surface area contributed by atoms with Gasteiger partial charge in [-0.25, -0.2) is 9.48 Å². The zero-order valence-corrected chi connectivity index (χ0v) is 18.4. The van der Waals surface area contributed by atoms with Crippen molar-refractivity contribution in [1.82, 2.24) is 30.4 Å². The van der Waals surface area contributed by atoms with E-state index in [9.17, 15) is 19.5 Å². The number of carbonyl (C=O) groups is 3. The number of aryl methyl sites for hydroxylation is 1. The summed E-state index contributed by atoms with van der Waals surface area (Å²) in [6.45, 7) is 1.93. The largest absolute Gasteiger partial charge is 0.477 e. The molecule has 158 valence electrons. The fraction of sp³-hybridized carbons (Fsp3) is 0.600. The topological polar surface area (TPSA) is 140 Å². The minimum atomic E-state index is -1.55. The highest BCUT2D eigenvalue weighted by atomic mass is 32.2. The minimum Gasteiger partial charge on any atom is -0.477 e. The lowest BCUT2D eigenvalue weighted by molar-refractivity contribution is -0.192. The van der Waals surface area contributed by atoms with Crippen LogP contribution in [0.25, 0.3) is 0 Å². The molecule has 1 saturated heterocycles. The lowest BCUT2D eigenvalue weighted by Crippen LogP contribution is -2.80. The molecule has 2 atom stereocenters. The van der Waals surface area contributed by atoms with E-state index in [0.29, 0.717) is 22.2 Å². The number of tetrazole rings is 1. The smallest absolute Gasteiger partial charge is 0.352 e. The Morgan fingerprint density at radius 3 is 2.83 bits per heavy atom. The van der Waals surface area contributed by atoms with Crippen LogP contribution >= 0.6 is 35.3 Å².